The van der Waals surface area contributed by atoms with Gasteiger partial charge in [-0.1, -0.05) is 42.5 Å². The molecule has 3 atom stereocenters. The molecule has 1 heterocycles. The maximum absolute atomic E-state index is 12.7. The lowest BCUT2D eigenvalue weighted by Gasteiger charge is -2.29. The molecule has 5 N–H and O–H groups in total. The molecule has 2 aromatic carbocycles. The highest BCUT2D eigenvalue weighted by molar-refractivity contribution is 5.99. The Balaban J connectivity index is 1.56. The van der Waals surface area contributed by atoms with E-state index < -0.39 is 59.9 Å². The number of halogens is 3. The van der Waals surface area contributed by atoms with E-state index >= 15 is 0 Å². The Morgan fingerprint density at radius 3 is 2.09 bits per heavy atom. The number of nitrogens with one attached hydrogen (secondary N) is 3. The van der Waals surface area contributed by atoms with E-state index in [-0.39, 0.29) is 12.8 Å². The number of benzene rings is 2. The third kappa shape index (κ3) is 6.56. The van der Waals surface area contributed by atoms with Gasteiger partial charge in [0.1, 0.15) is 18.1 Å². The number of hydrogen-bond acceptors (Lipinski definition) is 4. The highest BCUT2D eigenvalue weighted by Gasteiger charge is 2.35. The van der Waals surface area contributed by atoms with Crippen LogP contribution in [0.25, 0.3) is 0 Å². The maximum atomic E-state index is 12.7. The summed E-state index contributed by atoms with van der Waals surface area (Å²) in [6.07, 6.45) is -4.79. The Labute approximate surface area is 193 Å². The van der Waals surface area contributed by atoms with E-state index in [1.165, 1.54) is 12.1 Å². The van der Waals surface area contributed by atoms with Crippen LogP contribution >= 0.6 is 0 Å². The van der Waals surface area contributed by atoms with Crippen LogP contribution in [0, 0.1) is 0 Å². The van der Waals surface area contributed by atoms with Crippen LogP contribution in [0.2, 0.25) is 0 Å². The van der Waals surface area contributed by atoms with Crippen molar-refractivity contribution < 1.29 is 32.3 Å². The SMILES string of the molecule is NC(=O)[C@@H](Cc1ccc(C(F)(F)F)cc1)NC(=O)C[C@@H]1NC(=O)[C@H](Cc2ccccc2)NC1=O. The molecular weight excluding hydrogens is 453 g/mol. The van der Waals surface area contributed by atoms with Gasteiger partial charge >= 0.3 is 6.18 Å². The van der Waals surface area contributed by atoms with Crippen LogP contribution in [-0.2, 0) is 38.2 Å². The maximum Gasteiger partial charge on any atom is 0.416 e. The van der Waals surface area contributed by atoms with Crippen LogP contribution < -0.4 is 21.7 Å². The van der Waals surface area contributed by atoms with Crippen molar-refractivity contribution in [2.75, 3.05) is 0 Å². The van der Waals surface area contributed by atoms with Crippen molar-refractivity contribution in [3.05, 3.63) is 71.3 Å². The average Bonchev–Trinajstić information content (AvgIpc) is 2.77. The third-order valence-corrected chi connectivity index (χ3v) is 5.34. The molecule has 4 amide bonds. The highest BCUT2D eigenvalue weighted by atomic mass is 19.4. The van der Waals surface area contributed by atoms with Gasteiger partial charge in [0.15, 0.2) is 0 Å². The Morgan fingerprint density at radius 1 is 0.912 bits per heavy atom. The topological polar surface area (TPSA) is 130 Å². The van der Waals surface area contributed by atoms with Gasteiger partial charge < -0.3 is 21.7 Å². The normalized spacial score (nSPS) is 19.0. The number of carbonyl (C=O) groups is 4. The quantitative estimate of drug-likeness (QED) is 0.450. The minimum atomic E-state index is -4.50. The molecule has 8 nitrogen and oxygen atoms in total. The summed E-state index contributed by atoms with van der Waals surface area (Å²) in [4.78, 5) is 49.0. The second kappa shape index (κ2) is 10.4. The smallest absolute Gasteiger partial charge is 0.368 e. The number of primary amides is 1. The average molecular weight is 476 g/mol. The minimum absolute atomic E-state index is 0.137. The second-order valence-electron chi connectivity index (χ2n) is 7.94. The van der Waals surface area contributed by atoms with Crippen LogP contribution in [0.5, 0.6) is 0 Å². The molecule has 1 fully saturated rings. The fraction of sp³-hybridized carbons (Fsp3) is 0.304. The van der Waals surface area contributed by atoms with Gasteiger partial charge in [0.2, 0.25) is 23.6 Å². The summed E-state index contributed by atoms with van der Waals surface area (Å²) in [6.45, 7) is 0. The first kappa shape index (κ1) is 24.7. The predicted octanol–water partition coefficient (Wildman–Crippen LogP) is 0.834. The van der Waals surface area contributed by atoms with Crippen molar-refractivity contribution in [1.82, 2.24) is 16.0 Å². The van der Waals surface area contributed by atoms with E-state index in [1.54, 1.807) is 0 Å². The van der Waals surface area contributed by atoms with Gasteiger partial charge in [-0.25, -0.2) is 0 Å². The van der Waals surface area contributed by atoms with Crippen LogP contribution in [0.1, 0.15) is 23.1 Å². The molecule has 0 spiro atoms. The fourth-order valence-corrected chi connectivity index (χ4v) is 3.54. The highest BCUT2D eigenvalue weighted by Crippen LogP contribution is 2.29. The van der Waals surface area contributed by atoms with Gasteiger partial charge in [0.25, 0.3) is 0 Å². The number of rotatable bonds is 8. The monoisotopic (exact) mass is 476 g/mol. The first-order valence-electron chi connectivity index (χ1n) is 10.4. The molecule has 1 saturated heterocycles. The molecule has 0 bridgehead atoms. The molecule has 2 aromatic rings. The number of carbonyl (C=O) groups excluding carboxylic acids is 4. The van der Waals surface area contributed by atoms with E-state index in [0.29, 0.717) is 5.56 Å². The number of piperazine rings is 1. The summed E-state index contributed by atoms with van der Waals surface area (Å²) >= 11 is 0. The van der Waals surface area contributed by atoms with Crippen LogP contribution in [-0.4, -0.2) is 41.8 Å². The first-order valence-corrected chi connectivity index (χ1v) is 10.4. The molecule has 11 heteroatoms. The Hall–Kier alpha value is -3.89. The molecule has 0 saturated carbocycles. The Kier molecular flexibility index (Phi) is 7.54. The summed E-state index contributed by atoms with van der Waals surface area (Å²) in [5.74, 6) is -2.61. The molecule has 3 rings (SSSR count). The van der Waals surface area contributed by atoms with Crippen LogP contribution in [0.4, 0.5) is 13.2 Å². The largest absolute Gasteiger partial charge is 0.416 e. The molecule has 0 aliphatic carbocycles. The first-order chi connectivity index (χ1) is 16.0. The molecule has 0 unspecified atom stereocenters. The van der Waals surface area contributed by atoms with Crippen LogP contribution in [0.15, 0.2) is 54.6 Å². The lowest BCUT2D eigenvalue weighted by molar-refractivity contribution is -0.138. The van der Waals surface area contributed by atoms with E-state index in [1.807, 2.05) is 30.3 Å². The van der Waals surface area contributed by atoms with Gasteiger partial charge in [0.05, 0.1) is 12.0 Å². The van der Waals surface area contributed by atoms with E-state index in [2.05, 4.69) is 16.0 Å². The molecule has 1 aliphatic rings. The molecule has 0 aromatic heterocycles. The van der Waals surface area contributed by atoms with E-state index in [0.717, 1.165) is 17.7 Å². The fourth-order valence-electron chi connectivity index (χ4n) is 3.54. The number of amides is 4. The Morgan fingerprint density at radius 2 is 1.50 bits per heavy atom. The van der Waals surface area contributed by atoms with E-state index in [4.69, 9.17) is 5.73 Å². The minimum Gasteiger partial charge on any atom is -0.368 e. The number of alkyl halides is 3. The summed E-state index contributed by atoms with van der Waals surface area (Å²) in [6, 6.07) is 10.1. The van der Waals surface area contributed by atoms with Gasteiger partial charge in [-0.15, -0.1) is 0 Å². The zero-order chi connectivity index (χ0) is 24.9. The lowest BCUT2D eigenvalue weighted by atomic mass is 10.0. The summed E-state index contributed by atoms with van der Waals surface area (Å²) in [5.41, 5.74) is 5.68. The van der Waals surface area contributed by atoms with Crippen molar-refractivity contribution in [3.63, 3.8) is 0 Å². The van der Waals surface area contributed by atoms with Gasteiger partial charge in [-0.3, -0.25) is 19.2 Å². The summed E-state index contributed by atoms with van der Waals surface area (Å²) in [5, 5.41) is 7.47. The van der Waals surface area contributed by atoms with Crippen molar-refractivity contribution >= 4 is 23.6 Å². The lowest BCUT2D eigenvalue weighted by Crippen LogP contribution is -2.63. The summed E-state index contributed by atoms with van der Waals surface area (Å²) in [7, 11) is 0. The number of nitrogens with two attached hydrogens (primary N) is 1. The Bertz CT molecular complexity index is 1060. The molecular formula is C23H23F3N4O4. The van der Waals surface area contributed by atoms with E-state index in [9.17, 15) is 32.3 Å². The van der Waals surface area contributed by atoms with Gasteiger partial charge in [-0.2, -0.15) is 13.2 Å². The standard InChI is InChI=1S/C23H23F3N4O4/c24-23(25,26)15-8-6-14(7-9-15)10-16(20(27)32)28-19(31)12-18-22(34)29-17(21(33)30-18)11-13-4-2-1-3-5-13/h1-9,16-18H,10-12H2,(H2,27,32)(H,28,31)(H,29,34)(H,30,33)/t16-,17+,18+/m1/s1. The third-order valence-electron chi connectivity index (χ3n) is 5.34. The number of hydrogen-bond donors (Lipinski definition) is 4. The van der Waals surface area contributed by atoms with Gasteiger partial charge in [0, 0.05) is 12.8 Å². The van der Waals surface area contributed by atoms with Crippen molar-refractivity contribution in [2.45, 2.75) is 43.6 Å². The zero-order valence-electron chi connectivity index (χ0n) is 17.9. The predicted molar refractivity (Wildman–Crippen MR) is 115 cm³/mol. The zero-order valence-corrected chi connectivity index (χ0v) is 17.9. The molecule has 180 valence electrons. The van der Waals surface area contributed by atoms with Crippen molar-refractivity contribution in [3.8, 4) is 0 Å². The van der Waals surface area contributed by atoms with Crippen molar-refractivity contribution in [1.29, 1.82) is 0 Å². The van der Waals surface area contributed by atoms with Gasteiger partial charge in [-0.05, 0) is 23.3 Å². The molecule has 34 heavy (non-hydrogen) atoms. The summed E-state index contributed by atoms with van der Waals surface area (Å²) < 4.78 is 38.1. The van der Waals surface area contributed by atoms with Crippen LogP contribution in [0.3, 0.4) is 0 Å². The molecule has 0 radical (unpaired) electrons. The molecule has 1 aliphatic heterocycles. The second-order valence-corrected chi connectivity index (χ2v) is 7.94. The van der Waals surface area contributed by atoms with Crippen molar-refractivity contribution in [2.24, 2.45) is 5.73 Å².